The Balaban J connectivity index is 2.13. The number of nitrogens with one attached hydrogen (secondary N) is 2. The Morgan fingerprint density at radius 1 is 0.738 bits per heavy atom. The maximum atomic E-state index is 13.0. The first kappa shape index (κ1) is 38.5. The highest BCUT2D eigenvalue weighted by Gasteiger charge is 2.32. The molecule has 0 spiro atoms. The average molecular weight is 596 g/mol. The molecule has 8 nitrogen and oxygen atoms in total. The molecule has 0 bridgehead atoms. The fourth-order valence-corrected chi connectivity index (χ4v) is 5.93. The van der Waals surface area contributed by atoms with Crippen molar-refractivity contribution in [2.45, 2.75) is 147 Å². The van der Waals surface area contributed by atoms with Gasteiger partial charge in [-0.15, -0.1) is 0 Å². The Morgan fingerprint density at radius 3 is 1.79 bits per heavy atom. The Hall–Kier alpha value is -1.54. The summed E-state index contributed by atoms with van der Waals surface area (Å²) in [6, 6.07) is 0.559. The molecule has 0 aromatic rings. The topological polar surface area (TPSA) is 77.1 Å². The fourth-order valence-electron chi connectivity index (χ4n) is 5.93. The van der Waals surface area contributed by atoms with E-state index < -0.39 is 0 Å². The zero-order valence-corrected chi connectivity index (χ0v) is 28.4. The number of urea groups is 1. The Morgan fingerprint density at radius 2 is 1.26 bits per heavy atom. The van der Waals surface area contributed by atoms with E-state index in [2.05, 4.69) is 41.5 Å². The third-order valence-corrected chi connectivity index (χ3v) is 8.72. The molecule has 0 radical (unpaired) electrons. The number of hydrogen-bond donors (Lipinski definition) is 2. The van der Waals surface area contributed by atoms with Crippen molar-refractivity contribution < 1.29 is 14.3 Å². The highest BCUT2D eigenvalue weighted by molar-refractivity contribution is 5.74. The number of likely N-dealkylation sites (tertiary alicyclic amines) is 1. The number of rotatable bonds is 25. The number of piperidine rings is 1. The SMILES string of the molecule is CCCCCCCCCCCCCCCCCCNC(=O)N1CCC(N(C)C)CC1CCOC(=O)NCCCN(C)C. The number of ether oxygens (including phenoxy) is 1. The molecule has 2 unspecified atom stereocenters. The molecule has 2 N–H and O–H groups in total. The predicted octanol–water partition coefficient (Wildman–Crippen LogP) is 7.42. The summed E-state index contributed by atoms with van der Waals surface area (Å²) >= 11 is 0. The molecule has 42 heavy (non-hydrogen) atoms. The maximum Gasteiger partial charge on any atom is 0.407 e. The van der Waals surface area contributed by atoms with Gasteiger partial charge in [0.25, 0.3) is 0 Å². The number of carbonyl (C=O) groups excluding carboxylic acids is 2. The van der Waals surface area contributed by atoms with E-state index in [-0.39, 0.29) is 18.2 Å². The summed E-state index contributed by atoms with van der Waals surface area (Å²) in [7, 11) is 8.25. The Labute approximate surface area is 260 Å². The summed E-state index contributed by atoms with van der Waals surface area (Å²) < 4.78 is 5.44. The zero-order chi connectivity index (χ0) is 30.8. The van der Waals surface area contributed by atoms with Crippen molar-refractivity contribution in [2.24, 2.45) is 0 Å². The summed E-state index contributed by atoms with van der Waals surface area (Å²) in [6.07, 6.45) is 24.7. The smallest absolute Gasteiger partial charge is 0.407 e. The monoisotopic (exact) mass is 596 g/mol. The molecule has 1 heterocycles. The number of unbranched alkanes of at least 4 members (excludes halogenated alkanes) is 15. The summed E-state index contributed by atoms with van der Waals surface area (Å²) in [5.41, 5.74) is 0. The minimum atomic E-state index is -0.367. The summed E-state index contributed by atoms with van der Waals surface area (Å²) in [6.45, 7) is 5.63. The Kier molecular flexibility index (Phi) is 23.7. The molecule has 8 heteroatoms. The summed E-state index contributed by atoms with van der Waals surface area (Å²) in [5, 5.41) is 5.99. The highest BCUT2D eigenvalue weighted by Crippen LogP contribution is 2.23. The lowest BCUT2D eigenvalue weighted by atomic mass is 9.94. The minimum Gasteiger partial charge on any atom is -0.449 e. The van der Waals surface area contributed by atoms with Gasteiger partial charge >= 0.3 is 12.1 Å². The van der Waals surface area contributed by atoms with E-state index in [4.69, 9.17) is 4.74 Å². The van der Waals surface area contributed by atoms with E-state index >= 15 is 0 Å². The van der Waals surface area contributed by atoms with Crippen molar-refractivity contribution in [3.05, 3.63) is 0 Å². The lowest BCUT2D eigenvalue weighted by Crippen LogP contribution is -2.54. The predicted molar refractivity (Wildman–Crippen MR) is 177 cm³/mol. The van der Waals surface area contributed by atoms with Gasteiger partial charge in [0.1, 0.15) is 0 Å². The molecular formula is C34H69N5O3. The molecule has 3 amide bonds. The average Bonchev–Trinajstić information content (AvgIpc) is 2.96. The van der Waals surface area contributed by atoms with Crippen LogP contribution in [0.2, 0.25) is 0 Å². The molecule has 1 saturated heterocycles. The van der Waals surface area contributed by atoms with Crippen LogP contribution >= 0.6 is 0 Å². The van der Waals surface area contributed by atoms with E-state index in [1.165, 1.54) is 96.3 Å². The van der Waals surface area contributed by atoms with Gasteiger partial charge in [-0.05, 0) is 60.4 Å². The molecule has 0 aromatic heterocycles. The number of amides is 3. The van der Waals surface area contributed by atoms with Crippen LogP contribution in [0.5, 0.6) is 0 Å². The number of hydrogen-bond acceptors (Lipinski definition) is 5. The van der Waals surface area contributed by atoms with Crippen LogP contribution in [0.3, 0.4) is 0 Å². The van der Waals surface area contributed by atoms with E-state index in [0.717, 1.165) is 45.3 Å². The second kappa shape index (κ2) is 25.9. The zero-order valence-electron chi connectivity index (χ0n) is 28.4. The molecule has 1 aliphatic rings. The number of carbonyl (C=O) groups is 2. The van der Waals surface area contributed by atoms with Gasteiger partial charge in [-0.2, -0.15) is 0 Å². The summed E-state index contributed by atoms with van der Waals surface area (Å²) in [5.74, 6) is 0. The molecule has 0 aliphatic carbocycles. The van der Waals surface area contributed by atoms with Gasteiger partial charge in [0.15, 0.2) is 0 Å². The van der Waals surface area contributed by atoms with Gasteiger partial charge < -0.3 is 30.1 Å². The Bertz CT molecular complexity index is 661. The van der Waals surface area contributed by atoms with Gasteiger partial charge in [-0.3, -0.25) is 0 Å². The van der Waals surface area contributed by atoms with Crippen molar-refractivity contribution in [3.8, 4) is 0 Å². The quantitative estimate of drug-likeness (QED) is 0.107. The lowest BCUT2D eigenvalue weighted by Gasteiger charge is -2.41. The van der Waals surface area contributed by atoms with Crippen molar-refractivity contribution in [1.29, 1.82) is 0 Å². The molecular weight excluding hydrogens is 526 g/mol. The van der Waals surface area contributed by atoms with Gasteiger partial charge in [0.2, 0.25) is 0 Å². The molecule has 248 valence electrons. The lowest BCUT2D eigenvalue weighted by molar-refractivity contribution is 0.0830. The molecule has 1 aliphatic heterocycles. The molecule has 1 rings (SSSR count). The van der Waals surface area contributed by atoms with Crippen molar-refractivity contribution in [3.63, 3.8) is 0 Å². The fraction of sp³-hybridized carbons (Fsp3) is 0.941. The highest BCUT2D eigenvalue weighted by atomic mass is 16.5. The van der Waals surface area contributed by atoms with E-state index in [9.17, 15) is 9.59 Å². The van der Waals surface area contributed by atoms with Crippen molar-refractivity contribution in [2.75, 3.05) is 61.0 Å². The molecule has 2 atom stereocenters. The normalized spacial score (nSPS) is 17.2. The van der Waals surface area contributed by atoms with Crippen LogP contribution in [-0.4, -0.2) is 99.9 Å². The van der Waals surface area contributed by atoms with Gasteiger partial charge in [-0.25, -0.2) is 9.59 Å². The van der Waals surface area contributed by atoms with Crippen LogP contribution in [-0.2, 0) is 4.74 Å². The standard InChI is InChI=1S/C34H69N5O3/c1-6-7-8-9-10-11-12-13-14-15-16-17-18-19-20-21-25-35-33(40)39-28-23-31(38(4)5)30-32(39)24-29-42-34(41)36-26-22-27-37(2)3/h31-32H,6-30H2,1-5H3,(H,35,40)(H,36,41). The first-order chi connectivity index (χ1) is 20.3. The van der Waals surface area contributed by atoms with Crippen LogP contribution in [0.15, 0.2) is 0 Å². The van der Waals surface area contributed by atoms with Crippen LogP contribution in [0.4, 0.5) is 9.59 Å². The minimum absolute atomic E-state index is 0.0336. The van der Waals surface area contributed by atoms with Gasteiger partial charge in [-0.1, -0.05) is 103 Å². The van der Waals surface area contributed by atoms with Crippen LogP contribution < -0.4 is 10.6 Å². The third kappa shape index (κ3) is 20.4. The van der Waals surface area contributed by atoms with Gasteiger partial charge in [0.05, 0.1) is 6.61 Å². The number of nitrogens with zero attached hydrogens (tertiary/aromatic N) is 3. The third-order valence-electron chi connectivity index (χ3n) is 8.72. The molecule has 1 fully saturated rings. The first-order valence-corrected chi connectivity index (χ1v) is 17.6. The van der Waals surface area contributed by atoms with Crippen molar-refractivity contribution >= 4 is 12.1 Å². The van der Waals surface area contributed by atoms with Crippen LogP contribution in [0.25, 0.3) is 0 Å². The van der Waals surface area contributed by atoms with E-state index in [1.807, 2.05) is 19.0 Å². The molecule has 0 aromatic carbocycles. The first-order valence-electron chi connectivity index (χ1n) is 17.6. The van der Waals surface area contributed by atoms with E-state index in [1.54, 1.807) is 0 Å². The largest absolute Gasteiger partial charge is 0.449 e. The van der Waals surface area contributed by atoms with E-state index in [0.29, 0.717) is 25.6 Å². The number of alkyl carbamates (subject to hydrolysis) is 1. The van der Waals surface area contributed by atoms with Gasteiger partial charge in [0, 0.05) is 38.1 Å². The second-order valence-electron chi connectivity index (χ2n) is 13.0. The molecule has 0 saturated carbocycles. The van der Waals surface area contributed by atoms with Crippen LogP contribution in [0, 0.1) is 0 Å². The maximum absolute atomic E-state index is 13.0. The summed E-state index contributed by atoms with van der Waals surface area (Å²) in [4.78, 5) is 31.4. The second-order valence-corrected chi connectivity index (χ2v) is 13.0. The van der Waals surface area contributed by atoms with Crippen molar-refractivity contribution in [1.82, 2.24) is 25.3 Å². The van der Waals surface area contributed by atoms with Crippen LogP contribution in [0.1, 0.15) is 135 Å².